The first kappa shape index (κ1) is 12.6. The standard InChI is InChI=1S/C13H18N4O/c1-11-3-5-13(6-4-11)18-8-2-7-17-10-12(9-14)15-16-17/h3-6,10H,2,7-9,14H2,1H3. The molecule has 0 spiro atoms. The minimum atomic E-state index is 0.430. The van der Waals surface area contributed by atoms with E-state index in [1.165, 1.54) is 5.56 Å². The van der Waals surface area contributed by atoms with E-state index in [-0.39, 0.29) is 0 Å². The fourth-order valence-corrected chi connectivity index (χ4v) is 1.59. The molecule has 5 heteroatoms. The Bertz CT molecular complexity index is 478. The smallest absolute Gasteiger partial charge is 0.119 e. The molecule has 0 aliphatic rings. The highest BCUT2D eigenvalue weighted by molar-refractivity contribution is 5.26. The zero-order valence-corrected chi connectivity index (χ0v) is 10.5. The molecule has 1 aromatic carbocycles. The van der Waals surface area contributed by atoms with E-state index in [0.29, 0.717) is 13.2 Å². The van der Waals surface area contributed by atoms with Crippen LogP contribution in [-0.2, 0) is 13.1 Å². The Morgan fingerprint density at radius 1 is 1.28 bits per heavy atom. The van der Waals surface area contributed by atoms with Crippen molar-refractivity contribution in [1.29, 1.82) is 0 Å². The summed E-state index contributed by atoms with van der Waals surface area (Å²) in [6.45, 7) is 3.95. The molecule has 18 heavy (non-hydrogen) atoms. The average molecular weight is 246 g/mol. The van der Waals surface area contributed by atoms with Crippen LogP contribution in [0.1, 0.15) is 17.7 Å². The molecule has 0 saturated heterocycles. The van der Waals surface area contributed by atoms with Crippen LogP contribution in [0.2, 0.25) is 0 Å². The zero-order valence-electron chi connectivity index (χ0n) is 10.5. The van der Waals surface area contributed by atoms with Crippen LogP contribution in [0.3, 0.4) is 0 Å². The molecule has 0 atom stereocenters. The highest BCUT2D eigenvalue weighted by Gasteiger charge is 1.98. The third-order valence-electron chi connectivity index (χ3n) is 2.62. The Morgan fingerprint density at radius 2 is 2.06 bits per heavy atom. The zero-order chi connectivity index (χ0) is 12.8. The normalized spacial score (nSPS) is 10.6. The van der Waals surface area contributed by atoms with Crippen LogP contribution in [0, 0.1) is 6.92 Å². The summed E-state index contributed by atoms with van der Waals surface area (Å²) in [4.78, 5) is 0. The molecule has 0 amide bonds. The van der Waals surface area contributed by atoms with Gasteiger partial charge in [0.05, 0.1) is 12.3 Å². The lowest BCUT2D eigenvalue weighted by atomic mass is 10.2. The van der Waals surface area contributed by atoms with Crippen LogP contribution >= 0.6 is 0 Å². The van der Waals surface area contributed by atoms with Crippen LogP contribution in [-0.4, -0.2) is 21.6 Å². The number of aromatic nitrogens is 3. The highest BCUT2D eigenvalue weighted by atomic mass is 16.5. The quantitative estimate of drug-likeness (QED) is 0.785. The molecule has 0 radical (unpaired) electrons. The van der Waals surface area contributed by atoms with Crippen LogP contribution in [0.15, 0.2) is 30.5 Å². The Balaban J connectivity index is 1.71. The van der Waals surface area contributed by atoms with Gasteiger partial charge in [0.2, 0.25) is 0 Å². The Labute approximate surface area is 107 Å². The van der Waals surface area contributed by atoms with Gasteiger partial charge in [-0.25, -0.2) is 0 Å². The van der Waals surface area contributed by atoms with Gasteiger partial charge in [0.15, 0.2) is 0 Å². The minimum absolute atomic E-state index is 0.430. The second-order valence-electron chi connectivity index (χ2n) is 4.19. The second-order valence-corrected chi connectivity index (χ2v) is 4.19. The van der Waals surface area contributed by atoms with E-state index in [9.17, 15) is 0 Å². The topological polar surface area (TPSA) is 66.0 Å². The van der Waals surface area contributed by atoms with Gasteiger partial charge in [-0.15, -0.1) is 5.10 Å². The molecule has 0 aliphatic heterocycles. The van der Waals surface area contributed by atoms with Crippen molar-refractivity contribution < 1.29 is 4.74 Å². The molecule has 5 nitrogen and oxygen atoms in total. The van der Waals surface area contributed by atoms with Crippen LogP contribution in [0.4, 0.5) is 0 Å². The molecule has 0 aliphatic carbocycles. The van der Waals surface area contributed by atoms with E-state index in [1.807, 2.05) is 30.5 Å². The van der Waals surface area contributed by atoms with Crippen LogP contribution in [0.25, 0.3) is 0 Å². The summed E-state index contributed by atoms with van der Waals surface area (Å²) in [6.07, 6.45) is 2.76. The first-order valence-corrected chi connectivity index (χ1v) is 6.06. The van der Waals surface area contributed by atoms with E-state index in [2.05, 4.69) is 17.2 Å². The number of rotatable bonds is 6. The number of hydrogen-bond donors (Lipinski definition) is 1. The fourth-order valence-electron chi connectivity index (χ4n) is 1.59. The molecule has 1 aromatic heterocycles. The van der Waals surface area contributed by atoms with Gasteiger partial charge in [-0.3, -0.25) is 4.68 Å². The van der Waals surface area contributed by atoms with E-state index in [1.54, 1.807) is 4.68 Å². The van der Waals surface area contributed by atoms with E-state index < -0.39 is 0 Å². The van der Waals surface area contributed by atoms with Crippen molar-refractivity contribution in [2.75, 3.05) is 6.61 Å². The van der Waals surface area contributed by atoms with Crippen LogP contribution in [0.5, 0.6) is 5.75 Å². The molecule has 0 saturated carbocycles. The lowest BCUT2D eigenvalue weighted by molar-refractivity contribution is 0.298. The summed E-state index contributed by atoms with van der Waals surface area (Å²) in [6, 6.07) is 8.05. The molecule has 2 aromatic rings. The monoisotopic (exact) mass is 246 g/mol. The first-order valence-electron chi connectivity index (χ1n) is 6.06. The Kier molecular flexibility index (Phi) is 4.30. The van der Waals surface area contributed by atoms with Gasteiger partial charge in [0.1, 0.15) is 5.75 Å². The number of aryl methyl sites for hydroxylation is 2. The summed E-state index contributed by atoms with van der Waals surface area (Å²) in [5.41, 5.74) is 7.52. The molecule has 0 fully saturated rings. The molecule has 0 unspecified atom stereocenters. The maximum atomic E-state index is 5.63. The first-order chi connectivity index (χ1) is 8.78. The fraction of sp³-hybridized carbons (Fsp3) is 0.385. The maximum absolute atomic E-state index is 5.63. The van der Waals surface area contributed by atoms with Crippen molar-refractivity contribution in [2.45, 2.75) is 26.4 Å². The SMILES string of the molecule is Cc1ccc(OCCCn2cc(CN)nn2)cc1. The van der Waals surface area contributed by atoms with E-state index in [0.717, 1.165) is 24.4 Å². The van der Waals surface area contributed by atoms with Crippen molar-refractivity contribution in [1.82, 2.24) is 15.0 Å². The van der Waals surface area contributed by atoms with E-state index >= 15 is 0 Å². The number of nitrogens with two attached hydrogens (primary N) is 1. The summed E-state index contributed by atoms with van der Waals surface area (Å²) in [5, 5.41) is 7.90. The Morgan fingerprint density at radius 3 is 2.72 bits per heavy atom. The van der Waals surface area contributed by atoms with E-state index in [4.69, 9.17) is 10.5 Å². The molecular weight excluding hydrogens is 228 g/mol. The average Bonchev–Trinajstić information content (AvgIpc) is 2.85. The van der Waals surface area contributed by atoms with Gasteiger partial charge in [0, 0.05) is 25.7 Å². The van der Waals surface area contributed by atoms with Gasteiger partial charge in [-0.05, 0) is 19.1 Å². The number of hydrogen-bond acceptors (Lipinski definition) is 4. The van der Waals surface area contributed by atoms with Gasteiger partial charge in [-0.1, -0.05) is 22.9 Å². The summed E-state index contributed by atoms with van der Waals surface area (Å²) < 4.78 is 7.42. The predicted octanol–water partition coefficient (Wildman–Crippen LogP) is 1.51. The van der Waals surface area contributed by atoms with Crippen molar-refractivity contribution in [3.63, 3.8) is 0 Å². The van der Waals surface area contributed by atoms with Crippen molar-refractivity contribution in [3.05, 3.63) is 41.7 Å². The van der Waals surface area contributed by atoms with Gasteiger partial charge >= 0.3 is 0 Å². The summed E-state index contributed by atoms with van der Waals surface area (Å²) in [5.74, 6) is 0.904. The van der Waals surface area contributed by atoms with Gasteiger partial charge in [0.25, 0.3) is 0 Å². The number of nitrogens with zero attached hydrogens (tertiary/aromatic N) is 3. The second kappa shape index (κ2) is 6.16. The Hall–Kier alpha value is -1.88. The third kappa shape index (κ3) is 3.56. The molecule has 2 rings (SSSR count). The van der Waals surface area contributed by atoms with Crippen molar-refractivity contribution in [2.24, 2.45) is 5.73 Å². The predicted molar refractivity (Wildman–Crippen MR) is 69.2 cm³/mol. The summed E-state index contributed by atoms with van der Waals surface area (Å²) >= 11 is 0. The lowest BCUT2D eigenvalue weighted by Gasteiger charge is -2.06. The van der Waals surface area contributed by atoms with Gasteiger partial charge < -0.3 is 10.5 Å². The lowest BCUT2D eigenvalue weighted by Crippen LogP contribution is -2.05. The largest absolute Gasteiger partial charge is 0.494 e. The molecular formula is C13H18N4O. The molecule has 96 valence electrons. The number of ether oxygens (including phenoxy) is 1. The van der Waals surface area contributed by atoms with Gasteiger partial charge in [-0.2, -0.15) is 0 Å². The maximum Gasteiger partial charge on any atom is 0.119 e. The summed E-state index contributed by atoms with van der Waals surface area (Å²) in [7, 11) is 0. The van der Waals surface area contributed by atoms with Crippen LogP contribution < -0.4 is 10.5 Å². The molecule has 1 heterocycles. The molecule has 2 N–H and O–H groups in total. The number of benzene rings is 1. The highest BCUT2D eigenvalue weighted by Crippen LogP contribution is 2.11. The van der Waals surface area contributed by atoms with Crippen molar-refractivity contribution in [3.8, 4) is 5.75 Å². The molecule has 0 bridgehead atoms. The minimum Gasteiger partial charge on any atom is -0.494 e. The van der Waals surface area contributed by atoms with Crippen molar-refractivity contribution >= 4 is 0 Å². The third-order valence-corrected chi connectivity index (χ3v) is 2.62.